The van der Waals surface area contributed by atoms with Crippen molar-refractivity contribution >= 4 is 5.91 Å². The summed E-state index contributed by atoms with van der Waals surface area (Å²) in [7, 11) is 1.58. The zero-order valence-electron chi connectivity index (χ0n) is 11.6. The molecule has 0 aliphatic rings. The van der Waals surface area contributed by atoms with Crippen LogP contribution < -0.4 is 10.6 Å². The number of nitrogens with one attached hydrogen (secondary N) is 2. The first kappa shape index (κ1) is 15.6. The number of hydrogen-bond donors (Lipinski definition) is 2. The molecule has 0 saturated heterocycles. The molecule has 5 heteroatoms. The molecule has 0 radical (unpaired) electrons. The van der Waals surface area contributed by atoms with Crippen LogP contribution in [0, 0.1) is 12.7 Å². The molecule has 0 aliphatic carbocycles. The second-order valence-corrected chi connectivity index (χ2v) is 4.45. The van der Waals surface area contributed by atoms with Crippen molar-refractivity contribution in [2.75, 3.05) is 26.8 Å². The number of carbonyl (C=O) groups excluding carboxylic acids is 1. The fraction of sp³-hybridized carbons (Fsp3) is 0.500. The van der Waals surface area contributed by atoms with E-state index in [1.54, 1.807) is 20.1 Å². The second-order valence-electron chi connectivity index (χ2n) is 4.45. The standard InChI is InChI=1S/C14H21FN2O2/c1-10-4-5-12(8-13(10)15)11(2)17-9-14(18)16-6-7-19-3/h4-5,8,11,17H,6-7,9H2,1-3H3,(H,16,18). The molecule has 1 aromatic carbocycles. The van der Waals surface area contributed by atoms with E-state index in [2.05, 4.69) is 10.6 Å². The second kappa shape index (κ2) is 7.86. The Labute approximate surface area is 113 Å². The Morgan fingerprint density at radius 1 is 1.47 bits per heavy atom. The fourth-order valence-corrected chi connectivity index (χ4v) is 1.60. The molecular formula is C14H21FN2O2. The van der Waals surface area contributed by atoms with Crippen LogP contribution in [0.15, 0.2) is 18.2 Å². The van der Waals surface area contributed by atoms with Crippen LogP contribution in [-0.4, -0.2) is 32.7 Å². The van der Waals surface area contributed by atoms with Crippen molar-refractivity contribution in [2.45, 2.75) is 19.9 Å². The average molecular weight is 268 g/mol. The van der Waals surface area contributed by atoms with Crippen LogP contribution in [0.25, 0.3) is 0 Å². The number of aryl methyl sites for hydroxylation is 1. The maximum Gasteiger partial charge on any atom is 0.234 e. The number of amides is 1. The lowest BCUT2D eigenvalue weighted by Gasteiger charge is -2.14. The summed E-state index contributed by atoms with van der Waals surface area (Å²) in [6, 6.07) is 5.01. The maximum atomic E-state index is 13.4. The lowest BCUT2D eigenvalue weighted by atomic mass is 10.1. The van der Waals surface area contributed by atoms with Gasteiger partial charge in [0, 0.05) is 19.7 Å². The van der Waals surface area contributed by atoms with Crippen LogP contribution in [0.5, 0.6) is 0 Å². The van der Waals surface area contributed by atoms with Gasteiger partial charge in [-0.3, -0.25) is 4.79 Å². The molecule has 0 bridgehead atoms. The zero-order valence-corrected chi connectivity index (χ0v) is 11.6. The molecule has 4 nitrogen and oxygen atoms in total. The molecule has 1 amide bonds. The summed E-state index contributed by atoms with van der Waals surface area (Å²) in [4.78, 5) is 11.5. The van der Waals surface area contributed by atoms with Gasteiger partial charge in [0.05, 0.1) is 13.2 Å². The Kier molecular flexibility index (Phi) is 6.45. The van der Waals surface area contributed by atoms with Gasteiger partial charge in [-0.2, -0.15) is 0 Å². The molecule has 19 heavy (non-hydrogen) atoms. The molecule has 0 heterocycles. The Balaban J connectivity index is 2.40. The molecule has 0 aliphatic heterocycles. The third kappa shape index (κ3) is 5.36. The van der Waals surface area contributed by atoms with E-state index in [1.165, 1.54) is 6.07 Å². The maximum absolute atomic E-state index is 13.4. The van der Waals surface area contributed by atoms with Crippen LogP contribution in [0.3, 0.4) is 0 Å². The van der Waals surface area contributed by atoms with Crippen molar-refractivity contribution in [3.8, 4) is 0 Å². The van der Waals surface area contributed by atoms with Crippen molar-refractivity contribution in [2.24, 2.45) is 0 Å². The van der Waals surface area contributed by atoms with Gasteiger partial charge >= 0.3 is 0 Å². The van der Waals surface area contributed by atoms with Crippen molar-refractivity contribution < 1.29 is 13.9 Å². The number of benzene rings is 1. The van der Waals surface area contributed by atoms with Crippen molar-refractivity contribution in [1.82, 2.24) is 10.6 Å². The van der Waals surface area contributed by atoms with Crippen LogP contribution in [-0.2, 0) is 9.53 Å². The lowest BCUT2D eigenvalue weighted by molar-refractivity contribution is -0.120. The minimum atomic E-state index is -0.226. The molecular weight excluding hydrogens is 247 g/mol. The van der Waals surface area contributed by atoms with E-state index in [9.17, 15) is 9.18 Å². The number of carbonyl (C=O) groups is 1. The highest BCUT2D eigenvalue weighted by atomic mass is 19.1. The van der Waals surface area contributed by atoms with Crippen molar-refractivity contribution in [3.63, 3.8) is 0 Å². The molecule has 0 fully saturated rings. The van der Waals surface area contributed by atoms with E-state index in [1.807, 2.05) is 13.0 Å². The van der Waals surface area contributed by atoms with Gasteiger partial charge in [-0.05, 0) is 31.0 Å². The summed E-state index contributed by atoms with van der Waals surface area (Å²) < 4.78 is 18.3. The highest BCUT2D eigenvalue weighted by Gasteiger charge is 2.09. The SMILES string of the molecule is COCCNC(=O)CNC(C)c1ccc(C)c(F)c1. The monoisotopic (exact) mass is 268 g/mol. The Morgan fingerprint density at radius 2 is 2.21 bits per heavy atom. The largest absolute Gasteiger partial charge is 0.383 e. The minimum Gasteiger partial charge on any atom is -0.383 e. The third-order valence-electron chi connectivity index (χ3n) is 2.89. The summed E-state index contributed by atoms with van der Waals surface area (Å²) >= 11 is 0. The molecule has 0 saturated carbocycles. The summed E-state index contributed by atoms with van der Waals surface area (Å²) in [5.74, 6) is -0.327. The predicted octanol–water partition coefficient (Wildman–Crippen LogP) is 1.55. The van der Waals surface area contributed by atoms with Gasteiger partial charge in [-0.1, -0.05) is 12.1 Å². The van der Waals surface area contributed by atoms with Crippen LogP contribution >= 0.6 is 0 Å². The molecule has 1 aromatic rings. The smallest absolute Gasteiger partial charge is 0.234 e. The van der Waals surface area contributed by atoms with Gasteiger partial charge in [-0.15, -0.1) is 0 Å². The molecule has 1 rings (SSSR count). The zero-order chi connectivity index (χ0) is 14.3. The number of methoxy groups -OCH3 is 1. The first-order chi connectivity index (χ1) is 9.04. The number of ether oxygens (including phenoxy) is 1. The van der Waals surface area contributed by atoms with Gasteiger partial charge in [0.1, 0.15) is 5.82 Å². The van der Waals surface area contributed by atoms with Crippen molar-refractivity contribution in [3.05, 3.63) is 35.1 Å². The summed E-state index contributed by atoms with van der Waals surface area (Å²) in [6.07, 6.45) is 0. The van der Waals surface area contributed by atoms with E-state index in [0.717, 1.165) is 5.56 Å². The quantitative estimate of drug-likeness (QED) is 0.738. The lowest BCUT2D eigenvalue weighted by Crippen LogP contribution is -2.36. The number of hydrogen-bond acceptors (Lipinski definition) is 3. The van der Waals surface area contributed by atoms with E-state index >= 15 is 0 Å². The normalized spacial score (nSPS) is 12.2. The van der Waals surface area contributed by atoms with Gasteiger partial charge in [0.2, 0.25) is 5.91 Å². The topological polar surface area (TPSA) is 50.4 Å². The van der Waals surface area contributed by atoms with Gasteiger partial charge in [0.25, 0.3) is 0 Å². The Hall–Kier alpha value is -1.46. The van der Waals surface area contributed by atoms with E-state index in [4.69, 9.17) is 4.74 Å². The van der Waals surface area contributed by atoms with Crippen LogP contribution in [0.2, 0.25) is 0 Å². The molecule has 2 N–H and O–H groups in total. The number of rotatable bonds is 7. The average Bonchev–Trinajstić information content (AvgIpc) is 2.39. The first-order valence-corrected chi connectivity index (χ1v) is 6.29. The highest BCUT2D eigenvalue weighted by Crippen LogP contribution is 2.15. The van der Waals surface area contributed by atoms with Crippen LogP contribution in [0.4, 0.5) is 4.39 Å². The first-order valence-electron chi connectivity index (χ1n) is 6.29. The molecule has 1 atom stereocenters. The summed E-state index contributed by atoms with van der Waals surface area (Å²) in [5.41, 5.74) is 1.45. The Morgan fingerprint density at radius 3 is 2.84 bits per heavy atom. The molecule has 1 unspecified atom stereocenters. The summed E-state index contributed by atoms with van der Waals surface area (Å²) in [6.45, 7) is 4.79. The highest BCUT2D eigenvalue weighted by molar-refractivity contribution is 5.78. The third-order valence-corrected chi connectivity index (χ3v) is 2.89. The fourth-order valence-electron chi connectivity index (χ4n) is 1.60. The van der Waals surface area contributed by atoms with Gasteiger partial charge < -0.3 is 15.4 Å². The van der Waals surface area contributed by atoms with Gasteiger partial charge in [-0.25, -0.2) is 4.39 Å². The summed E-state index contributed by atoms with van der Waals surface area (Å²) in [5, 5.41) is 5.76. The predicted molar refractivity (Wildman–Crippen MR) is 72.4 cm³/mol. The Bertz CT molecular complexity index is 424. The van der Waals surface area contributed by atoms with E-state index < -0.39 is 0 Å². The van der Waals surface area contributed by atoms with E-state index in [-0.39, 0.29) is 24.3 Å². The van der Waals surface area contributed by atoms with E-state index in [0.29, 0.717) is 18.7 Å². The number of halogens is 1. The molecule has 0 aromatic heterocycles. The minimum absolute atomic E-state index is 0.0803. The van der Waals surface area contributed by atoms with Gasteiger partial charge in [0.15, 0.2) is 0 Å². The van der Waals surface area contributed by atoms with Crippen LogP contribution in [0.1, 0.15) is 24.1 Å². The molecule has 106 valence electrons. The molecule has 0 spiro atoms. The van der Waals surface area contributed by atoms with Crippen molar-refractivity contribution in [1.29, 1.82) is 0 Å².